The molecule has 0 saturated carbocycles. The van der Waals surface area contributed by atoms with Gasteiger partial charge in [0.1, 0.15) is 0 Å². The van der Waals surface area contributed by atoms with Crippen LogP contribution in [0, 0.1) is 5.41 Å². The highest BCUT2D eigenvalue weighted by Gasteiger charge is 2.30. The fourth-order valence-electron chi connectivity index (χ4n) is 1.78. The third kappa shape index (κ3) is 14.2. The van der Waals surface area contributed by atoms with Gasteiger partial charge in [0.25, 0.3) is 0 Å². The molecule has 1 aliphatic heterocycles. The Bertz CT molecular complexity index is 144. The number of nitrogens with zero attached hydrogens (tertiary/aromatic N) is 1. The van der Waals surface area contributed by atoms with Gasteiger partial charge in [0.15, 0.2) is 0 Å². The van der Waals surface area contributed by atoms with E-state index in [-0.39, 0.29) is 7.43 Å². The molecule has 0 aliphatic carbocycles. The van der Waals surface area contributed by atoms with E-state index in [9.17, 15) is 0 Å². The van der Waals surface area contributed by atoms with Gasteiger partial charge >= 0.3 is 0 Å². The van der Waals surface area contributed by atoms with Gasteiger partial charge in [-0.15, -0.1) is 0 Å². The molecular formula is C18H45N. The largest absolute Gasteiger partial charge is 0.298 e. The lowest BCUT2D eigenvalue weighted by molar-refractivity contribution is 0.0591. The Morgan fingerprint density at radius 2 is 1.00 bits per heavy atom. The van der Waals surface area contributed by atoms with Crippen molar-refractivity contribution in [1.82, 2.24) is 4.90 Å². The van der Waals surface area contributed by atoms with Crippen LogP contribution in [0.15, 0.2) is 0 Å². The molecule has 1 heteroatoms. The normalized spacial score (nSPS) is 17.2. The predicted octanol–water partition coefficient (Wildman–Crippen LogP) is 6.62. The standard InChI is InChI=1S/C11H23N.3C2H6.CH4/c1-10(2,3)12-8-6-11(4,5)7-9-12;3*1-2;/h6-9H2,1-5H3;3*1-2H3;1H4. The first-order valence-electron chi connectivity index (χ1n) is 8.06. The minimum atomic E-state index is 0. The molecule has 122 valence electrons. The van der Waals surface area contributed by atoms with Crippen LogP contribution in [0.4, 0.5) is 0 Å². The van der Waals surface area contributed by atoms with Crippen molar-refractivity contribution in [1.29, 1.82) is 0 Å². The van der Waals surface area contributed by atoms with Crippen LogP contribution >= 0.6 is 0 Å². The van der Waals surface area contributed by atoms with E-state index >= 15 is 0 Å². The third-order valence-electron chi connectivity index (χ3n) is 3.07. The molecule has 0 N–H and O–H groups in total. The first-order chi connectivity index (χ1) is 8.31. The van der Waals surface area contributed by atoms with Crippen LogP contribution < -0.4 is 0 Å². The van der Waals surface area contributed by atoms with E-state index in [0.29, 0.717) is 11.0 Å². The zero-order valence-corrected chi connectivity index (χ0v) is 15.3. The molecule has 0 spiro atoms. The van der Waals surface area contributed by atoms with Crippen molar-refractivity contribution in [3.8, 4) is 0 Å². The van der Waals surface area contributed by atoms with Gasteiger partial charge in [0.05, 0.1) is 0 Å². The average Bonchev–Trinajstić information content (AvgIpc) is 2.35. The average molecular weight is 276 g/mol. The molecule has 19 heavy (non-hydrogen) atoms. The van der Waals surface area contributed by atoms with Crippen LogP contribution in [0.2, 0.25) is 0 Å². The maximum atomic E-state index is 2.60. The molecule has 1 aliphatic rings. The summed E-state index contributed by atoms with van der Waals surface area (Å²) < 4.78 is 0. The van der Waals surface area contributed by atoms with Crippen molar-refractivity contribution >= 4 is 0 Å². The second-order valence-corrected chi connectivity index (χ2v) is 5.82. The number of hydrogen-bond donors (Lipinski definition) is 0. The van der Waals surface area contributed by atoms with Gasteiger partial charge in [-0.1, -0.05) is 62.8 Å². The molecule has 0 aromatic rings. The molecule has 1 nitrogen and oxygen atoms in total. The lowest BCUT2D eigenvalue weighted by atomic mass is 9.81. The molecule has 0 unspecified atom stereocenters. The van der Waals surface area contributed by atoms with E-state index in [0.717, 1.165) is 0 Å². The van der Waals surface area contributed by atoms with E-state index in [1.54, 1.807) is 0 Å². The quantitative estimate of drug-likeness (QED) is 0.480. The van der Waals surface area contributed by atoms with E-state index in [1.807, 2.05) is 41.5 Å². The first-order valence-corrected chi connectivity index (χ1v) is 8.06. The molecule has 1 fully saturated rings. The van der Waals surface area contributed by atoms with Gasteiger partial charge in [-0.05, 0) is 52.1 Å². The lowest BCUT2D eigenvalue weighted by Crippen LogP contribution is -2.47. The maximum absolute atomic E-state index is 2.60. The summed E-state index contributed by atoms with van der Waals surface area (Å²) in [4.78, 5) is 2.60. The number of hydrogen-bond acceptors (Lipinski definition) is 1. The molecule has 1 rings (SSSR count). The number of likely N-dealkylation sites (tertiary alicyclic amines) is 1. The van der Waals surface area contributed by atoms with Gasteiger partial charge in [-0.3, -0.25) is 4.90 Å². The molecule has 0 amide bonds. The van der Waals surface area contributed by atoms with Crippen LogP contribution in [-0.2, 0) is 0 Å². The van der Waals surface area contributed by atoms with Gasteiger partial charge in [0, 0.05) is 5.54 Å². The van der Waals surface area contributed by atoms with Gasteiger partial charge in [-0.25, -0.2) is 0 Å². The van der Waals surface area contributed by atoms with E-state index in [4.69, 9.17) is 0 Å². The number of piperidine rings is 1. The smallest absolute Gasteiger partial charge is 0.0125 e. The fraction of sp³-hybridized carbons (Fsp3) is 1.00. The molecular weight excluding hydrogens is 230 g/mol. The minimum Gasteiger partial charge on any atom is -0.298 e. The Labute approximate surface area is 126 Å². The van der Waals surface area contributed by atoms with E-state index in [2.05, 4.69) is 39.5 Å². The van der Waals surface area contributed by atoms with Crippen LogP contribution in [0.1, 0.15) is 96.4 Å². The Balaban J connectivity index is -0.000000142. The Morgan fingerprint density at radius 3 is 1.21 bits per heavy atom. The van der Waals surface area contributed by atoms with Gasteiger partial charge < -0.3 is 0 Å². The zero-order chi connectivity index (χ0) is 15.4. The van der Waals surface area contributed by atoms with Crippen LogP contribution in [0.3, 0.4) is 0 Å². The highest BCUT2D eigenvalue weighted by molar-refractivity contribution is 4.84. The molecule has 0 bridgehead atoms. The highest BCUT2D eigenvalue weighted by atomic mass is 15.2. The van der Waals surface area contributed by atoms with Crippen molar-refractivity contribution in [2.24, 2.45) is 5.41 Å². The summed E-state index contributed by atoms with van der Waals surface area (Å²) >= 11 is 0. The first kappa shape index (κ1) is 27.3. The van der Waals surface area contributed by atoms with Gasteiger partial charge in [-0.2, -0.15) is 0 Å². The van der Waals surface area contributed by atoms with E-state index < -0.39 is 0 Å². The summed E-state index contributed by atoms with van der Waals surface area (Å²) in [5, 5.41) is 0. The molecule has 0 radical (unpaired) electrons. The van der Waals surface area contributed by atoms with Crippen molar-refractivity contribution < 1.29 is 0 Å². The molecule has 0 aromatic carbocycles. The molecule has 0 atom stereocenters. The van der Waals surface area contributed by atoms with Gasteiger partial charge in [0.2, 0.25) is 0 Å². The van der Waals surface area contributed by atoms with Crippen LogP contribution in [0.25, 0.3) is 0 Å². The maximum Gasteiger partial charge on any atom is 0.0125 e. The Kier molecular flexibility index (Phi) is 20.7. The lowest BCUT2D eigenvalue weighted by Gasteiger charge is -2.43. The summed E-state index contributed by atoms with van der Waals surface area (Å²) in [7, 11) is 0. The second kappa shape index (κ2) is 14.4. The van der Waals surface area contributed by atoms with Crippen molar-refractivity contribution in [2.75, 3.05) is 13.1 Å². The van der Waals surface area contributed by atoms with Crippen molar-refractivity contribution in [2.45, 2.75) is 102 Å². The summed E-state index contributed by atoms with van der Waals surface area (Å²) in [6.07, 6.45) is 2.70. The third-order valence-corrected chi connectivity index (χ3v) is 3.07. The topological polar surface area (TPSA) is 3.24 Å². The Hall–Kier alpha value is -0.0400. The highest BCUT2D eigenvalue weighted by Crippen LogP contribution is 2.32. The molecule has 0 aromatic heterocycles. The fourth-order valence-corrected chi connectivity index (χ4v) is 1.78. The van der Waals surface area contributed by atoms with E-state index in [1.165, 1.54) is 25.9 Å². The number of rotatable bonds is 0. The van der Waals surface area contributed by atoms with Crippen LogP contribution in [-0.4, -0.2) is 23.5 Å². The zero-order valence-electron chi connectivity index (χ0n) is 15.3. The van der Waals surface area contributed by atoms with Crippen LogP contribution in [0.5, 0.6) is 0 Å². The predicted molar refractivity (Wildman–Crippen MR) is 95.1 cm³/mol. The monoisotopic (exact) mass is 275 g/mol. The SMILES string of the molecule is C.CC.CC.CC.CC1(C)CCN(C(C)(C)C)CC1. The Morgan fingerprint density at radius 1 is 0.737 bits per heavy atom. The minimum absolute atomic E-state index is 0. The summed E-state index contributed by atoms with van der Waals surface area (Å²) in [6, 6.07) is 0. The molecule has 1 saturated heterocycles. The van der Waals surface area contributed by atoms with Crippen molar-refractivity contribution in [3.63, 3.8) is 0 Å². The summed E-state index contributed by atoms with van der Waals surface area (Å²) in [5.41, 5.74) is 0.957. The molecule has 1 heterocycles. The summed E-state index contributed by atoms with van der Waals surface area (Å²) in [5.74, 6) is 0. The second-order valence-electron chi connectivity index (χ2n) is 5.82. The summed E-state index contributed by atoms with van der Waals surface area (Å²) in [6.45, 7) is 26.2. The van der Waals surface area contributed by atoms with Crippen molar-refractivity contribution in [3.05, 3.63) is 0 Å².